The molecule has 5 atom stereocenters. The number of para-hydroxylation sites is 1. The van der Waals surface area contributed by atoms with Crippen molar-refractivity contribution in [3.05, 3.63) is 108 Å². The van der Waals surface area contributed by atoms with E-state index in [0.29, 0.717) is 0 Å². The minimum Gasteiger partial charge on any atom is -0.361 e. The molecule has 6 rings (SSSR count). The second-order valence-electron chi connectivity index (χ2n) is 11.6. The third-order valence-electron chi connectivity index (χ3n) is 8.46. The van der Waals surface area contributed by atoms with Gasteiger partial charge in [0.15, 0.2) is 0 Å². The maximum atomic E-state index is 14.1. The summed E-state index contributed by atoms with van der Waals surface area (Å²) < 4.78 is 0. The molecule has 2 saturated heterocycles. The molecule has 2 fully saturated rings. The lowest BCUT2D eigenvalue weighted by molar-refractivity contribution is -0.143. The van der Waals surface area contributed by atoms with Gasteiger partial charge in [0.2, 0.25) is 23.6 Å². The number of amides is 4. The van der Waals surface area contributed by atoms with Crippen molar-refractivity contribution in [2.45, 2.75) is 55.9 Å². The smallest absolute Gasteiger partial charge is 0.246 e. The molecule has 0 aliphatic carbocycles. The van der Waals surface area contributed by atoms with E-state index in [2.05, 4.69) is 20.9 Å². The van der Waals surface area contributed by atoms with Gasteiger partial charge in [-0.3, -0.25) is 19.2 Å². The lowest BCUT2D eigenvalue weighted by Crippen LogP contribution is -2.62. The van der Waals surface area contributed by atoms with Crippen LogP contribution in [0, 0.1) is 0 Å². The molecule has 0 spiro atoms. The Morgan fingerprint density at radius 1 is 0.659 bits per heavy atom. The molecule has 0 radical (unpaired) electrons. The third kappa shape index (κ3) is 6.35. The van der Waals surface area contributed by atoms with Crippen molar-refractivity contribution >= 4 is 34.5 Å². The lowest BCUT2D eigenvalue weighted by atomic mass is 9.99. The molecular formula is C34H36N6O4. The van der Waals surface area contributed by atoms with Crippen LogP contribution in [0.4, 0.5) is 0 Å². The molecule has 6 N–H and O–H groups in total. The van der Waals surface area contributed by atoms with Gasteiger partial charge in [0, 0.05) is 48.9 Å². The van der Waals surface area contributed by atoms with Crippen molar-refractivity contribution in [2.75, 3.05) is 6.54 Å². The highest BCUT2D eigenvalue weighted by atomic mass is 16.2. The van der Waals surface area contributed by atoms with Crippen LogP contribution in [0.15, 0.2) is 91.1 Å². The fourth-order valence-corrected chi connectivity index (χ4v) is 6.21. The molecule has 0 unspecified atom stereocenters. The number of carbonyl (C=O) groups excluding carboxylic acids is 4. The predicted octanol–water partition coefficient (Wildman–Crippen LogP) is 1.59. The summed E-state index contributed by atoms with van der Waals surface area (Å²) in [5.41, 5.74) is 9.71. The molecule has 10 nitrogen and oxygen atoms in total. The number of rotatable bonds is 6. The van der Waals surface area contributed by atoms with Crippen LogP contribution < -0.4 is 21.7 Å². The van der Waals surface area contributed by atoms with Gasteiger partial charge in [-0.05, 0) is 29.2 Å². The second kappa shape index (κ2) is 12.7. The first-order chi connectivity index (χ1) is 21.4. The molecule has 0 saturated carbocycles. The summed E-state index contributed by atoms with van der Waals surface area (Å²) >= 11 is 0. The van der Waals surface area contributed by atoms with Crippen LogP contribution in [0.2, 0.25) is 0 Å². The standard InChI is InChI=1S/C34H36N6O4/c35-24-18-30-33(43)38-27(15-21-9-3-1-4-10-21)31(41)37-28(17-23-19-36-26-14-8-7-13-25(23)26)32(42)39-29(34(44)40(30)20-24)16-22-11-5-2-6-12-22/h1-14,19,24,27-30,36H,15-18,20,35H2,(H,37,41)(H,38,43)(H,39,42)/t24-,27+,28+,29+,30-/m1/s1. The maximum Gasteiger partial charge on any atom is 0.246 e. The highest BCUT2D eigenvalue weighted by Crippen LogP contribution is 2.22. The van der Waals surface area contributed by atoms with Crippen molar-refractivity contribution in [1.29, 1.82) is 0 Å². The first kappa shape index (κ1) is 29.1. The number of carbonyl (C=O) groups is 4. The highest BCUT2D eigenvalue weighted by molar-refractivity contribution is 5.98. The van der Waals surface area contributed by atoms with Gasteiger partial charge in [-0.25, -0.2) is 0 Å². The van der Waals surface area contributed by atoms with Crippen molar-refractivity contribution in [3.63, 3.8) is 0 Å². The Morgan fingerprint density at radius 3 is 1.89 bits per heavy atom. The summed E-state index contributed by atoms with van der Waals surface area (Å²) in [5, 5.41) is 9.69. The normalized spacial score (nSPS) is 24.6. The minimum atomic E-state index is -1.01. The number of hydrogen-bond donors (Lipinski definition) is 5. The molecule has 2 aliphatic rings. The average molecular weight is 593 g/mol. The Hall–Kier alpha value is -4.96. The summed E-state index contributed by atoms with van der Waals surface area (Å²) in [5.74, 6) is -1.79. The van der Waals surface area contributed by atoms with E-state index in [1.54, 1.807) is 0 Å². The van der Waals surface area contributed by atoms with Crippen LogP contribution >= 0.6 is 0 Å². The minimum absolute atomic E-state index is 0.173. The fraction of sp³-hybridized carbons (Fsp3) is 0.294. The van der Waals surface area contributed by atoms with Crippen molar-refractivity contribution < 1.29 is 19.2 Å². The number of nitrogens with two attached hydrogens (primary N) is 1. The zero-order valence-corrected chi connectivity index (χ0v) is 24.2. The monoisotopic (exact) mass is 592 g/mol. The number of aromatic amines is 1. The Labute approximate surface area is 255 Å². The number of nitrogens with zero attached hydrogens (tertiary/aromatic N) is 1. The van der Waals surface area contributed by atoms with Crippen molar-refractivity contribution in [2.24, 2.45) is 5.73 Å². The zero-order valence-electron chi connectivity index (χ0n) is 24.2. The largest absolute Gasteiger partial charge is 0.361 e. The summed E-state index contributed by atoms with van der Waals surface area (Å²) in [7, 11) is 0. The van der Waals surface area contributed by atoms with Gasteiger partial charge in [-0.2, -0.15) is 0 Å². The van der Waals surface area contributed by atoms with Crippen LogP contribution in [0.25, 0.3) is 10.9 Å². The van der Waals surface area contributed by atoms with Gasteiger partial charge in [-0.15, -0.1) is 0 Å². The van der Waals surface area contributed by atoms with E-state index in [1.165, 1.54) is 4.90 Å². The number of hydrogen-bond acceptors (Lipinski definition) is 5. The molecule has 10 heteroatoms. The molecule has 4 amide bonds. The first-order valence-corrected chi connectivity index (χ1v) is 15.0. The van der Waals surface area contributed by atoms with Crippen LogP contribution in [0.3, 0.4) is 0 Å². The molecule has 4 aromatic rings. The van der Waals surface area contributed by atoms with E-state index in [9.17, 15) is 19.2 Å². The van der Waals surface area contributed by atoms with E-state index >= 15 is 0 Å². The molecule has 2 aliphatic heterocycles. The third-order valence-corrected chi connectivity index (χ3v) is 8.46. The van der Waals surface area contributed by atoms with Crippen LogP contribution in [0.1, 0.15) is 23.1 Å². The molecule has 44 heavy (non-hydrogen) atoms. The highest BCUT2D eigenvalue weighted by Gasteiger charge is 2.43. The Bertz CT molecular complexity index is 1660. The van der Waals surface area contributed by atoms with Gasteiger partial charge in [0.05, 0.1) is 0 Å². The molecule has 3 aromatic carbocycles. The molecular weight excluding hydrogens is 556 g/mol. The predicted molar refractivity (Wildman–Crippen MR) is 166 cm³/mol. The van der Waals surface area contributed by atoms with Gasteiger partial charge in [-0.1, -0.05) is 78.9 Å². The van der Waals surface area contributed by atoms with E-state index in [-0.39, 0.29) is 38.1 Å². The van der Waals surface area contributed by atoms with Gasteiger partial charge >= 0.3 is 0 Å². The second-order valence-corrected chi connectivity index (χ2v) is 11.6. The van der Waals surface area contributed by atoms with Gasteiger partial charge in [0.25, 0.3) is 0 Å². The van der Waals surface area contributed by atoms with E-state index in [4.69, 9.17) is 5.73 Å². The average Bonchev–Trinajstić information content (AvgIpc) is 3.63. The summed E-state index contributed by atoms with van der Waals surface area (Å²) in [6.45, 7) is 0.173. The molecule has 1 aromatic heterocycles. The topological polar surface area (TPSA) is 149 Å². The van der Waals surface area contributed by atoms with E-state index in [0.717, 1.165) is 27.6 Å². The van der Waals surface area contributed by atoms with Crippen molar-refractivity contribution in [3.8, 4) is 0 Å². The van der Waals surface area contributed by atoms with E-state index in [1.807, 2.05) is 91.1 Å². The summed E-state index contributed by atoms with van der Waals surface area (Å²) in [6.07, 6.45) is 2.69. The maximum absolute atomic E-state index is 14.1. The van der Waals surface area contributed by atoms with Crippen LogP contribution in [-0.4, -0.2) is 70.3 Å². The zero-order chi connectivity index (χ0) is 30.6. The van der Waals surface area contributed by atoms with Gasteiger partial charge < -0.3 is 31.6 Å². The van der Waals surface area contributed by atoms with E-state index < -0.39 is 47.9 Å². The van der Waals surface area contributed by atoms with Gasteiger partial charge in [0.1, 0.15) is 24.2 Å². The van der Waals surface area contributed by atoms with Crippen LogP contribution in [0.5, 0.6) is 0 Å². The SMILES string of the molecule is N[C@@H]1C[C@@H]2C(=O)N[C@@H](Cc3ccccc3)C(=O)N[C@@H](Cc3c[nH]c4ccccc34)C(=O)N[C@@H](Cc3ccccc3)C(=O)N2C1. The number of nitrogens with one attached hydrogen (secondary N) is 4. The number of aromatic nitrogens is 1. The Kier molecular flexibility index (Phi) is 8.42. The van der Waals surface area contributed by atoms with Crippen LogP contribution in [-0.2, 0) is 38.4 Å². The number of fused-ring (bicyclic) bond motifs is 2. The summed E-state index contributed by atoms with van der Waals surface area (Å²) in [4.78, 5) is 60.5. The molecule has 226 valence electrons. The first-order valence-electron chi connectivity index (χ1n) is 15.0. The quantitative estimate of drug-likeness (QED) is 0.231. The molecule has 0 bridgehead atoms. The Morgan fingerprint density at radius 2 is 1.20 bits per heavy atom. The Balaban J connectivity index is 1.37. The van der Waals surface area contributed by atoms with Crippen molar-refractivity contribution in [1.82, 2.24) is 25.8 Å². The lowest BCUT2D eigenvalue weighted by Gasteiger charge is -2.32. The summed E-state index contributed by atoms with van der Waals surface area (Å²) in [6, 6.07) is 22.2. The molecule has 3 heterocycles. The number of H-pyrrole nitrogens is 1. The fourth-order valence-electron chi connectivity index (χ4n) is 6.21. The number of benzene rings is 3.